The predicted octanol–water partition coefficient (Wildman–Crippen LogP) is 4.04. The van der Waals surface area contributed by atoms with Gasteiger partial charge in [0.2, 0.25) is 0 Å². The summed E-state index contributed by atoms with van der Waals surface area (Å²) in [7, 11) is 0. The second-order valence-corrected chi connectivity index (χ2v) is 8.23. The van der Waals surface area contributed by atoms with Crippen molar-refractivity contribution in [3.05, 3.63) is 83.7 Å². The van der Waals surface area contributed by atoms with Crippen LogP contribution in [0.25, 0.3) is 11.1 Å². The molecule has 0 unspecified atom stereocenters. The molecule has 8 heteroatoms. The molecule has 4 rings (SSSR count). The molecule has 0 saturated heterocycles. The second kappa shape index (κ2) is 8.74. The number of aliphatic carboxylic acids is 1. The molecule has 3 N–H and O–H groups in total. The molecular formula is C25H23N3O5. The number of anilines is 1. The van der Waals surface area contributed by atoms with Crippen LogP contribution in [0.15, 0.2) is 66.9 Å². The lowest BCUT2D eigenvalue weighted by Crippen LogP contribution is -2.50. The molecule has 1 heterocycles. The minimum Gasteiger partial charge on any atom is -0.480 e. The number of ether oxygens (including phenoxy) is 1. The third kappa shape index (κ3) is 4.41. The first-order chi connectivity index (χ1) is 15.8. The summed E-state index contributed by atoms with van der Waals surface area (Å²) in [6.07, 6.45) is 0.641. The van der Waals surface area contributed by atoms with Gasteiger partial charge in [-0.15, -0.1) is 0 Å². The number of amides is 2. The maximum Gasteiger partial charge on any atom is 0.411 e. The van der Waals surface area contributed by atoms with Gasteiger partial charge in [0, 0.05) is 12.1 Å². The first-order valence-electron chi connectivity index (χ1n) is 10.4. The normalized spacial score (nSPS) is 12.4. The first kappa shape index (κ1) is 22.0. The lowest BCUT2D eigenvalue weighted by Gasteiger charge is -2.21. The quantitative estimate of drug-likeness (QED) is 0.527. The standard InChI is InChI=1S/C25H23N3O5/c1-25(2,23(30)31)28-22(29)21-20(12-7-13-26-21)27-24(32)33-14-19-17-10-5-3-8-15(17)16-9-4-6-11-18(16)19/h3-13,19H,14H2,1-2H3,(H,27,32)(H,28,29)(H,30,31). The predicted molar refractivity (Wildman–Crippen MR) is 122 cm³/mol. The zero-order valence-electron chi connectivity index (χ0n) is 18.2. The smallest absolute Gasteiger partial charge is 0.411 e. The summed E-state index contributed by atoms with van der Waals surface area (Å²) in [4.78, 5) is 40.5. The van der Waals surface area contributed by atoms with Gasteiger partial charge in [0.1, 0.15) is 12.1 Å². The second-order valence-electron chi connectivity index (χ2n) is 8.23. The monoisotopic (exact) mass is 445 g/mol. The van der Waals surface area contributed by atoms with E-state index in [-0.39, 0.29) is 23.9 Å². The summed E-state index contributed by atoms with van der Waals surface area (Å²) in [5, 5.41) is 14.2. The van der Waals surface area contributed by atoms with Crippen LogP contribution in [0.4, 0.5) is 10.5 Å². The van der Waals surface area contributed by atoms with Crippen molar-refractivity contribution in [2.45, 2.75) is 25.3 Å². The third-order valence-corrected chi connectivity index (χ3v) is 5.56. The van der Waals surface area contributed by atoms with Crippen LogP contribution in [0, 0.1) is 0 Å². The molecule has 0 radical (unpaired) electrons. The Morgan fingerprint density at radius 3 is 2.18 bits per heavy atom. The fourth-order valence-electron chi connectivity index (χ4n) is 3.83. The van der Waals surface area contributed by atoms with Gasteiger partial charge in [0.15, 0.2) is 5.69 Å². The van der Waals surface area contributed by atoms with E-state index in [0.717, 1.165) is 22.3 Å². The maximum atomic E-state index is 12.6. The number of carboxylic acids is 1. The van der Waals surface area contributed by atoms with Gasteiger partial charge in [0.25, 0.3) is 5.91 Å². The van der Waals surface area contributed by atoms with Crippen LogP contribution >= 0.6 is 0 Å². The fourth-order valence-corrected chi connectivity index (χ4v) is 3.83. The number of carboxylic acid groups (broad SMARTS) is 1. The van der Waals surface area contributed by atoms with Crippen LogP contribution in [-0.2, 0) is 9.53 Å². The number of nitrogens with zero attached hydrogens (tertiary/aromatic N) is 1. The van der Waals surface area contributed by atoms with E-state index in [1.165, 1.54) is 26.1 Å². The number of hydrogen-bond donors (Lipinski definition) is 3. The van der Waals surface area contributed by atoms with Gasteiger partial charge in [-0.25, -0.2) is 14.6 Å². The van der Waals surface area contributed by atoms with E-state index < -0.39 is 23.5 Å². The van der Waals surface area contributed by atoms with Crippen molar-refractivity contribution in [1.82, 2.24) is 10.3 Å². The molecule has 0 bridgehead atoms. The van der Waals surface area contributed by atoms with Crippen LogP contribution in [-0.4, -0.2) is 40.2 Å². The molecule has 0 fully saturated rings. The lowest BCUT2D eigenvalue weighted by molar-refractivity contribution is -0.143. The summed E-state index contributed by atoms with van der Waals surface area (Å²) in [5.41, 5.74) is 2.92. The molecule has 8 nitrogen and oxygen atoms in total. The van der Waals surface area contributed by atoms with Gasteiger partial charge in [-0.2, -0.15) is 0 Å². The number of hydrogen-bond acceptors (Lipinski definition) is 5. The Labute approximate surface area is 190 Å². The maximum absolute atomic E-state index is 12.6. The van der Waals surface area contributed by atoms with E-state index in [1.54, 1.807) is 6.07 Å². The van der Waals surface area contributed by atoms with Gasteiger partial charge in [-0.3, -0.25) is 10.1 Å². The number of pyridine rings is 1. The Morgan fingerprint density at radius 1 is 0.970 bits per heavy atom. The Morgan fingerprint density at radius 2 is 1.58 bits per heavy atom. The highest BCUT2D eigenvalue weighted by Gasteiger charge is 2.31. The Kier molecular flexibility index (Phi) is 5.83. The third-order valence-electron chi connectivity index (χ3n) is 5.56. The van der Waals surface area contributed by atoms with Crippen LogP contribution in [0.1, 0.15) is 41.4 Å². The van der Waals surface area contributed by atoms with E-state index in [2.05, 4.69) is 15.6 Å². The molecule has 0 atom stereocenters. The van der Waals surface area contributed by atoms with Crippen LogP contribution in [0.5, 0.6) is 0 Å². The SMILES string of the molecule is CC(C)(NC(=O)c1ncccc1NC(=O)OCC1c2ccccc2-c2ccccc21)C(=O)O. The highest BCUT2D eigenvalue weighted by molar-refractivity contribution is 6.02. The Balaban J connectivity index is 1.47. The van der Waals surface area contributed by atoms with Crippen molar-refractivity contribution in [3.63, 3.8) is 0 Å². The topological polar surface area (TPSA) is 118 Å². The molecule has 2 amide bonds. The van der Waals surface area contributed by atoms with Crippen LogP contribution in [0.3, 0.4) is 0 Å². The van der Waals surface area contributed by atoms with Crippen molar-refractivity contribution < 1.29 is 24.2 Å². The highest BCUT2D eigenvalue weighted by Crippen LogP contribution is 2.44. The van der Waals surface area contributed by atoms with E-state index in [0.29, 0.717) is 0 Å². The zero-order chi connectivity index (χ0) is 23.6. The molecule has 1 aliphatic rings. The van der Waals surface area contributed by atoms with E-state index in [1.807, 2.05) is 48.5 Å². The number of aromatic nitrogens is 1. The number of fused-ring (bicyclic) bond motifs is 3. The molecule has 168 valence electrons. The number of nitrogens with one attached hydrogen (secondary N) is 2. The van der Waals surface area contributed by atoms with E-state index in [9.17, 15) is 19.5 Å². The van der Waals surface area contributed by atoms with Crippen molar-refractivity contribution in [2.24, 2.45) is 0 Å². The summed E-state index contributed by atoms with van der Waals surface area (Å²) < 4.78 is 5.51. The summed E-state index contributed by atoms with van der Waals surface area (Å²) in [6, 6.07) is 19.1. The molecule has 1 aromatic heterocycles. The van der Waals surface area contributed by atoms with E-state index >= 15 is 0 Å². The number of rotatable bonds is 6. The molecule has 0 saturated carbocycles. The lowest BCUT2D eigenvalue weighted by atomic mass is 9.98. The molecule has 0 aliphatic heterocycles. The summed E-state index contributed by atoms with van der Waals surface area (Å²) in [6.45, 7) is 2.83. The number of benzene rings is 2. The average Bonchev–Trinajstić information content (AvgIpc) is 3.11. The van der Waals surface area contributed by atoms with Gasteiger partial charge < -0.3 is 15.2 Å². The van der Waals surface area contributed by atoms with Crippen molar-refractivity contribution in [1.29, 1.82) is 0 Å². The fraction of sp³-hybridized carbons (Fsp3) is 0.200. The highest BCUT2D eigenvalue weighted by atomic mass is 16.5. The van der Waals surface area contributed by atoms with Crippen molar-refractivity contribution in [2.75, 3.05) is 11.9 Å². The first-order valence-corrected chi connectivity index (χ1v) is 10.4. The van der Waals surface area contributed by atoms with Gasteiger partial charge >= 0.3 is 12.1 Å². The zero-order valence-corrected chi connectivity index (χ0v) is 18.2. The molecule has 2 aromatic carbocycles. The number of carbonyl (C=O) groups excluding carboxylic acids is 2. The van der Waals surface area contributed by atoms with Gasteiger partial charge in [-0.1, -0.05) is 48.5 Å². The minimum atomic E-state index is -1.50. The largest absolute Gasteiger partial charge is 0.480 e. The molecule has 1 aliphatic carbocycles. The Hall–Kier alpha value is -4.20. The number of carbonyl (C=O) groups is 3. The molecular weight excluding hydrogens is 422 g/mol. The molecule has 0 spiro atoms. The summed E-state index contributed by atoms with van der Waals surface area (Å²) in [5.74, 6) is -2.02. The average molecular weight is 445 g/mol. The van der Waals surface area contributed by atoms with Crippen LogP contribution < -0.4 is 10.6 Å². The van der Waals surface area contributed by atoms with E-state index in [4.69, 9.17) is 4.74 Å². The summed E-state index contributed by atoms with van der Waals surface area (Å²) >= 11 is 0. The molecule has 33 heavy (non-hydrogen) atoms. The van der Waals surface area contributed by atoms with Crippen molar-refractivity contribution >= 4 is 23.7 Å². The van der Waals surface area contributed by atoms with Gasteiger partial charge in [-0.05, 0) is 48.2 Å². The van der Waals surface area contributed by atoms with Crippen molar-refractivity contribution in [3.8, 4) is 11.1 Å². The Bertz CT molecular complexity index is 1190. The molecule has 3 aromatic rings. The van der Waals surface area contributed by atoms with Gasteiger partial charge in [0.05, 0.1) is 5.69 Å². The minimum absolute atomic E-state index is 0.101. The van der Waals surface area contributed by atoms with Crippen LogP contribution in [0.2, 0.25) is 0 Å².